The minimum Gasteiger partial charge on any atom is -0.497 e. The molecule has 0 unspecified atom stereocenters. The van der Waals surface area contributed by atoms with Crippen LogP contribution >= 0.6 is 0 Å². The summed E-state index contributed by atoms with van der Waals surface area (Å²) in [4.78, 5) is 38.0. The Morgan fingerprint density at radius 1 is 0.971 bits per heavy atom. The van der Waals surface area contributed by atoms with E-state index < -0.39 is 17.7 Å². The van der Waals surface area contributed by atoms with Crippen molar-refractivity contribution in [1.82, 2.24) is 30.0 Å². The Morgan fingerprint density at radius 3 is 2.49 bits per heavy atom. The molecule has 2 aromatic carbocycles. The zero-order valence-corrected chi connectivity index (χ0v) is 18.7. The van der Waals surface area contributed by atoms with Crippen LogP contribution in [-0.2, 0) is 4.79 Å². The average Bonchev–Trinajstić information content (AvgIpc) is 3.41. The molecule has 3 amide bonds. The van der Waals surface area contributed by atoms with Crippen LogP contribution in [0.25, 0.3) is 17.0 Å². The van der Waals surface area contributed by atoms with Crippen molar-refractivity contribution in [1.29, 1.82) is 0 Å². The molecule has 176 valence electrons. The lowest BCUT2D eigenvalue weighted by molar-refractivity contribution is -0.121. The number of imide groups is 1. The van der Waals surface area contributed by atoms with Crippen molar-refractivity contribution in [2.24, 2.45) is 0 Å². The summed E-state index contributed by atoms with van der Waals surface area (Å²) in [5.74, 6) is 0.106. The van der Waals surface area contributed by atoms with Gasteiger partial charge in [-0.15, -0.1) is 15.3 Å². The first kappa shape index (κ1) is 22.0. The Hall–Kier alpha value is -4.80. The summed E-state index contributed by atoms with van der Waals surface area (Å²) in [6.07, 6.45) is 0. The van der Waals surface area contributed by atoms with E-state index in [9.17, 15) is 14.4 Å². The van der Waals surface area contributed by atoms with Gasteiger partial charge in [-0.05, 0) is 30.3 Å². The van der Waals surface area contributed by atoms with E-state index in [2.05, 4.69) is 20.6 Å². The van der Waals surface area contributed by atoms with E-state index in [1.807, 2.05) is 24.3 Å². The third-order valence-corrected chi connectivity index (χ3v) is 5.42. The van der Waals surface area contributed by atoms with E-state index in [1.165, 1.54) is 0 Å². The molecule has 0 atom stereocenters. The number of methoxy groups -OCH3 is 1. The van der Waals surface area contributed by atoms with Crippen LogP contribution in [0.4, 0.5) is 0 Å². The number of nitrogens with zero attached hydrogens (tertiary/aromatic N) is 5. The number of benzene rings is 2. The van der Waals surface area contributed by atoms with Crippen molar-refractivity contribution in [2.75, 3.05) is 26.8 Å². The van der Waals surface area contributed by atoms with Crippen molar-refractivity contribution in [2.45, 2.75) is 0 Å². The predicted octanol–water partition coefficient (Wildman–Crippen LogP) is 1.59. The summed E-state index contributed by atoms with van der Waals surface area (Å²) >= 11 is 0. The fourth-order valence-electron chi connectivity index (χ4n) is 3.72. The van der Waals surface area contributed by atoms with Gasteiger partial charge in [-0.1, -0.05) is 24.3 Å². The molecule has 35 heavy (non-hydrogen) atoms. The minimum absolute atomic E-state index is 0.128. The minimum atomic E-state index is -0.477. The van der Waals surface area contributed by atoms with Crippen molar-refractivity contribution < 1.29 is 23.9 Å². The van der Waals surface area contributed by atoms with E-state index in [0.717, 1.165) is 10.5 Å². The Morgan fingerprint density at radius 2 is 1.74 bits per heavy atom. The van der Waals surface area contributed by atoms with Crippen LogP contribution in [0.3, 0.4) is 0 Å². The number of carbonyl (C=O) groups excluding carboxylic acids is 3. The largest absolute Gasteiger partial charge is 0.497 e. The summed E-state index contributed by atoms with van der Waals surface area (Å²) in [5, 5.41) is 15.4. The van der Waals surface area contributed by atoms with Gasteiger partial charge >= 0.3 is 0 Å². The molecule has 0 aliphatic carbocycles. The summed E-state index contributed by atoms with van der Waals surface area (Å²) in [6, 6.07) is 17.2. The van der Waals surface area contributed by atoms with E-state index >= 15 is 0 Å². The van der Waals surface area contributed by atoms with Crippen molar-refractivity contribution in [3.05, 3.63) is 71.8 Å². The normalized spacial score (nSPS) is 12.7. The highest BCUT2D eigenvalue weighted by Crippen LogP contribution is 2.23. The van der Waals surface area contributed by atoms with Crippen LogP contribution in [0, 0.1) is 0 Å². The van der Waals surface area contributed by atoms with Crippen molar-refractivity contribution in [3.8, 4) is 23.0 Å². The lowest BCUT2D eigenvalue weighted by Crippen LogP contribution is -2.41. The van der Waals surface area contributed by atoms with Gasteiger partial charge in [0.25, 0.3) is 11.8 Å². The highest BCUT2D eigenvalue weighted by Gasteiger charge is 2.36. The second-order valence-corrected chi connectivity index (χ2v) is 7.64. The van der Waals surface area contributed by atoms with Gasteiger partial charge in [0.1, 0.15) is 18.9 Å². The molecule has 1 aliphatic rings. The molecule has 1 aliphatic heterocycles. The third kappa shape index (κ3) is 4.26. The fourth-order valence-corrected chi connectivity index (χ4v) is 3.72. The predicted molar refractivity (Wildman–Crippen MR) is 123 cm³/mol. The molecule has 5 rings (SSSR count). The third-order valence-electron chi connectivity index (χ3n) is 5.42. The molecule has 1 N–H and O–H groups in total. The number of nitrogens with one attached hydrogen (secondary N) is 1. The fraction of sp³-hybridized carbons (Fsp3) is 0.167. The van der Waals surface area contributed by atoms with Crippen LogP contribution in [0.2, 0.25) is 0 Å². The lowest BCUT2D eigenvalue weighted by atomic mass is 10.1. The quantitative estimate of drug-likeness (QED) is 0.303. The number of hydrogen-bond acceptors (Lipinski definition) is 8. The van der Waals surface area contributed by atoms with Gasteiger partial charge in [0.15, 0.2) is 11.5 Å². The first-order valence-electron chi connectivity index (χ1n) is 10.8. The van der Waals surface area contributed by atoms with E-state index in [-0.39, 0.29) is 19.7 Å². The first-order valence-corrected chi connectivity index (χ1v) is 10.8. The van der Waals surface area contributed by atoms with Gasteiger partial charge in [0.05, 0.1) is 24.8 Å². The molecule has 0 bridgehead atoms. The molecular formula is C24H20N6O5. The maximum atomic E-state index is 12.4. The van der Waals surface area contributed by atoms with Crippen LogP contribution in [0.15, 0.2) is 60.7 Å². The molecule has 0 spiro atoms. The summed E-state index contributed by atoms with van der Waals surface area (Å²) in [5.41, 5.74) is 1.93. The molecule has 3 heterocycles. The summed E-state index contributed by atoms with van der Waals surface area (Å²) < 4.78 is 12.5. The highest BCUT2D eigenvalue weighted by atomic mass is 16.5. The smallest absolute Gasteiger partial charge is 0.262 e. The first-order chi connectivity index (χ1) is 17.0. The standard InChI is InChI=1S/C24H20N6O5/c1-34-16-6-4-5-15(13-16)22-27-26-19-9-10-21(28-30(19)22)35-12-11-25-20(31)14-29-23(32)17-7-2-3-8-18(17)24(29)33/h2-10,13H,11-12,14H2,1H3,(H,25,31). The monoisotopic (exact) mass is 472 g/mol. The van der Waals surface area contributed by atoms with Gasteiger partial charge in [-0.25, -0.2) is 0 Å². The highest BCUT2D eigenvalue weighted by molar-refractivity contribution is 6.22. The second-order valence-electron chi connectivity index (χ2n) is 7.64. The second kappa shape index (κ2) is 9.21. The van der Waals surface area contributed by atoms with Crippen molar-refractivity contribution in [3.63, 3.8) is 0 Å². The maximum Gasteiger partial charge on any atom is 0.262 e. The van der Waals surface area contributed by atoms with E-state index in [0.29, 0.717) is 34.2 Å². The number of ether oxygens (including phenoxy) is 2. The Kier molecular flexibility index (Phi) is 5.80. The molecule has 4 aromatic rings. The maximum absolute atomic E-state index is 12.4. The molecular weight excluding hydrogens is 452 g/mol. The average molecular weight is 472 g/mol. The van der Waals surface area contributed by atoms with Gasteiger partial charge < -0.3 is 14.8 Å². The molecule has 2 aromatic heterocycles. The van der Waals surface area contributed by atoms with Crippen molar-refractivity contribution >= 4 is 23.4 Å². The lowest BCUT2D eigenvalue weighted by Gasteiger charge is -2.13. The number of hydrogen-bond donors (Lipinski definition) is 1. The van der Waals surface area contributed by atoms with Crippen LogP contribution < -0.4 is 14.8 Å². The number of fused-ring (bicyclic) bond motifs is 2. The van der Waals surface area contributed by atoms with Gasteiger partial charge in [0.2, 0.25) is 11.8 Å². The SMILES string of the molecule is COc1cccc(-c2nnc3ccc(OCCNC(=O)CN4C(=O)c5ccccc5C4=O)nn23)c1. The number of rotatable bonds is 8. The van der Waals surface area contributed by atoms with E-state index in [1.54, 1.807) is 48.0 Å². The molecule has 11 nitrogen and oxygen atoms in total. The topological polar surface area (TPSA) is 128 Å². The van der Waals surface area contributed by atoms with E-state index in [4.69, 9.17) is 9.47 Å². The van der Waals surface area contributed by atoms with Crippen LogP contribution in [0.1, 0.15) is 20.7 Å². The molecule has 0 saturated carbocycles. The Labute approximate surface area is 199 Å². The molecule has 0 saturated heterocycles. The summed E-state index contributed by atoms with van der Waals surface area (Å²) in [6.45, 7) is -0.0726. The van der Waals surface area contributed by atoms with Crippen LogP contribution in [0.5, 0.6) is 11.6 Å². The summed E-state index contributed by atoms with van der Waals surface area (Å²) in [7, 11) is 1.59. The molecule has 11 heteroatoms. The van der Waals surface area contributed by atoms with Gasteiger partial charge in [0, 0.05) is 11.6 Å². The van der Waals surface area contributed by atoms with Crippen LogP contribution in [-0.4, -0.2) is 69.2 Å². The molecule has 0 fully saturated rings. The number of aromatic nitrogens is 4. The Bertz CT molecular complexity index is 1410. The zero-order chi connectivity index (χ0) is 24.4. The zero-order valence-electron chi connectivity index (χ0n) is 18.7. The molecule has 0 radical (unpaired) electrons. The Balaban J connectivity index is 1.17. The van der Waals surface area contributed by atoms with Gasteiger partial charge in [-0.2, -0.15) is 4.52 Å². The number of carbonyl (C=O) groups is 3. The number of amides is 3. The van der Waals surface area contributed by atoms with Gasteiger partial charge in [-0.3, -0.25) is 19.3 Å².